The Labute approximate surface area is 82.7 Å². The third kappa shape index (κ3) is 3.42. The van der Waals surface area contributed by atoms with Crippen LogP contribution in [0.15, 0.2) is 0 Å². The molecular weight excluding hydrogens is 220 g/mol. The molecule has 12 heavy (non-hydrogen) atoms. The van der Waals surface area contributed by atoms with Crippen molar-refractivity contribution in [2.45, 2.75) is 31.2 Å². The lowest BCUT2D eigenvalue weighted by atomic mass is 10.1. The van der Waals surface area contributed by atoms with Crippen LogP contribution in [0.4, 0.5) is 0 Å². The second-order valence-electron chi connectivity index (χ2n) is 3.65. The molecule has 0 aliphatic carbocycles. The van der Waals surface area contributed by atoms with Crippen molar-refractivity contribution in [1.82, 2.24) is 0 Å². The third-order valence-corrected chi connectivity index (χ3v) is 2.84. The van der Waals surface area contributed by atoms with E-state index in [1.807, 2.05) is 0 Å². The number of alkyl halides is 1. The van der Waals surface area contributed by atoms with Crippen molar-refractivity contribution in [3.8, 4) is 0 Å². The van der Waals surface area contributed by atoms with Crippen LogP contribution in [-0.4, -0.2) is 30.8 Å². The molecule has 1 rings (SSSR count). The summed E-state index contributed by atoms with van der Waals surface area (Å²) in [4.78, 5) is 0.393. The Hall–Kier alpha value is 0.400. The fraction of sp³-hybridized carbons (Fsp3) is 1.00. The quantitative estimate of drug-likeness (QED) is 0.698. The SMILES string of the molecule is CC(C)CCOC1COCC1Br. The van der Waals surface area contributed by atoms with E-state index in [-0.39, 0.29) is 6.10 Å². The van der Waals surface area contributed by atoms with Crippen LogP contribution in [0.25, 0.3) is 0 Å². The van der Waals surface area contributed by atoms with E-state index in [0.29, 0.717) is 4.83 Å². The Morgan fingerprint density at radius 1 is 1.50 bits per heavy atom. The molecule has 0 bridgehead atoms. The highest BCUT2D eigenvalue weighted by molar-refractivity contribution is 9.09. The van der Waals surface area contributed by atoms with Gasteiger partial charge in [-0.15, -0.1) is 0 Å². The minimum absolute atomic E-state index is 0.267. The van der Waals surface area contributed by atoms with Gasteiger partial charge in [-0.2, -0.15) is 0 Å². The summed E-state index contributed by atoms with van der Waals surface area (Å²) in [5.74, 6) is 0.723. The Morgan fingerprint density at radius 3 is 2.75 bits per heavy atom. The lowest BCUT2D eigenvalue weighted by Gasteiger charge is -2.13. The van der Waals surface area contributed by atoms with Crippen molar-refractivity contribution in [3.05, 3.63) is 0 Å². The topological polar surface area (TPSA) is 18.5 Å². The van der Waals surface area contributed by atoms with Gasteiger partial charge in [-0.25, -0.2) is 0 Å². The van der Waals surface area contributed by atoms with Crippen LogP contribution in [0.3, 0.4) is 0 Å². The van der Waals surface area contributed by atoms with Gasteiger partial charge >= 0.3 is 0 Å². The zero-order chi connectivity index (χ0) is 8.97. The number of rotatable bonds is 4. The van der Waals surface area contributed by atoms with Gasteiger partial charge in [0, 0.05) is 6.61 Å². The van der Waals surface area contributed by atoms with E-state index < -0.39 is 0 Å². The summed E-state index contributed by atoms with van der Waals surface area (Å²) >= 11 is 3.52. The van der Waals surface area contributed by atoms with Crippen LogP contribution in [0, 0.1) is 5.92 Å². The summed E-state index contributed by atoms with van der Waals surface area (Å²) in [7, 11) is 0. The zero-order valence-corrected chi connectivity index (χ0v) is 9.34. The first-order chi connectivity index (χ1) is 5.70. The van der Waals surface area contributed by atoms with Crippen LogP contribution in [0.1, 0.15) is 20.3 Å². The average Bonchev–Trinajstić information content (AvgIpc) is 2.36. The maximum Gasteiger partial charge on any atom is 0.0955 e. The van der Waals surface area contributed by atoms with Crippen LogP contribution in [0.2, 0.25) is 0 Å². The Kier molecular flexibility index (Phi) is 4.54. The van der Waals surface area contributed by atoms with Gasteiger partial charge in [0.1, 0.15) is 0 Å². The molecule has 0 aromatic carbocycles. The fourth-order valence-electron chi connectivity index (χ4n) is 1.12. The number of ether oxygens (including phenoxy) is 2. The molecule has 1 heterocycles. The van der Waals surface area contributed by atoms with Crippen molar-refractivity contribution in [2.75, 3.05) is 19.8 Å². The van der Waals surface area contributed by atoms with Gasteiger partial charge in [-0.1, -0.05) is 29.8 Å². The predicted molar refractivity (Wildman–Crippen MR) is 52.7 cm³/mol. The van der Waals surface area contributed by atoms with Gasteiger partial charge in [0.05, 0.1) is 24.1 Å². The standard InChI is InChI=1S/C9H17BrO2/c1-7(2)3-4-12-9-6-11-5-8(9)10/h7-9H,3-6H2,1-2H3. The fourth-order valence-corrected chi connectivity index (χ4v) is 1.61. The van der Waals surface area contributed by atoms with E-state index in [1.54, 1.807) is 0 Å². The largest absolute Gasteiger partial charge is 0.377 e. The lowest BCUT2D eigenvalue weighted by molar-refractivity contribution is 0.0392. The molecule has 0 saturated carbocycles. The molecule has 0 N–H and O–H groups in total. The summed E-state index contributed by atoms with van der Waals surface area (Å²) in [5, 5.41) is 0. The van der Waals surface area contributed by atoms with Crippen LogP contribution in [-0.2, 0) is 9.47 Å². The molecule has 1 fully saturated rings. The van der Waals surface area contributed by atoms with Crippen LogP contribution >= 0.6 is 15.9 Å². The van der Waals surface area contributed by atoms with Gasteiger partial charge in [0.25, 0.3) is 0 Å². The molecule has 2 unspecified atom stereocenters. The summed E-state index contributed by atoms with van der Waals surface area (Å²) < 4.78 is 10.9. The van der Waals surface area contributed by atoms with Crippen LogP contribution < -0.4 is 0 Å². The second-order valence-corrected chi connectivity index (χ2v) is 4.82. The van der Waals surface area contributed by atoms with E-state index in [2.05, 4.69) is 29.8 Å². The number of halogens is 1. The zero-order valence-electron chi connectivity index (χ0n) is 7.75. The first kappa shape index (κ1) is 10.5. The Bertz CT molecular complexity index is 128. The first-order valence-electron chi connectivity index (χ1n) is 4.53. The van der Waals surface area contributed by atoms with E-state index in [1.165, 1.54) is 0 Å². The predicted octanol–water partition coefficient (Wildman–Crippen LogP) is 2.21. The molecule has 1 saturated heterocycles. The molecule has 0 spiro atoms. The maximum absolute atomic E-state index is 5.65. The molecule has 72 valence electrons. The summed E-state index contributed by atoms with van der Waals surface area (Å²) in [5.41, 5.74) is 0. The highest BCUT2D eigenvalue weighted by Gasteiger charge is 2.26. The molecule has 0 aromatic heterocycles. The Morgan fingerprint density at radius 2 is 2.25 bits per heavy atom. The Balaban J connectivity index is 2.06. The molecular formula is C9H17BrO2. The second kappa shape index (κ2) is 5.20. The molecule has 1 aliphatic rings. The van der Waals surface area contributed by atoms with E-state index in [9.17, 15) is 0 Å². The normalized spacial score (nSPS) is 30.0. The van der Waals surface area contributed by atoms with Crippen molar-refractivity contribution in [3.63, 3.8) is 0 Å². The van der Waals surface area contributed by atoms with Crippen molar-refractivity contribution < 1.29 is 9.47 Å². The van der Waals surface area contributed by atoms with Crippen molar-refractivity contribution in [1.29, 1.82) is 0 Å². The summed E-state index contributed by atoms with van der Waals surface area (Å²) in [6.07, 6.45) is 1.40. The number of hydrogen-bond acceptors (Lipinski definition) is 2. The van der Waals surface area contributed by atoms with Gasteiger partial charge in [-0.3, -0.25) is 0 Å². The lowest BCUT2D eigenvalue weighted by Crippen LogP contribution is -2.23. The smallest absolute Gasteiger partial charge is 0.0955 e. The third-order valence-electron chi connectivity index (χ3n) is 1.99. The minimum atomic E-state index is 0.267. The molecule has 0 amide bonds. The number of hydrogen-bond donors (Lipinski definition) is 0. The van der Waals surface area contributed by atoms with Gasteiger partial charge < -0.3 is 9.47 Å². The van der Waals surface area contributed by atoms with Crippen LogP contribution in [0.5, 0.6) is 0 Å². The molecule has 0 radical (unpaired) electrons. The molecule has 0 aromatic rings. The first-order valence-corrected chi connectivity index (χ1v) is 5.45. The maximum atomic E-state index is 5.65. The van der Waals surface area contributed by atoms with Gasteiger partial charge in [-0.05, 0) is 12.3 Å². The van der Waals surface area contributed by atoms with E-state index in [0.717, 1.165) is 32.2 Å². The molecule has 1 aliphatic heterocycles. The van der Waals surface area contributed by atoms with Crippen molar-refractivity contribution in [2.24, 2.45) is 5.92 Å². The summed E-state index contributed by atoms with van der Waals surface area (Å²) in [6.45, 7) is 6.80. The van der Waals surface area contributed by atoms with E-state index >= 15 is 0 Å². The van der Waals surface area contributed by atoms with Gasteiger partial charge in [0.15, 0.2) is 0 Å². The highest BCUT2D eigenvalue weighted by atomic mass is 79.9. The molecule has 2 nitrogen and oxygen atoms in total. The van der Waals surface area contributed by atoms with Gasteiger partial charge in [0.2, 0.25) is 0 Å². The summed E-state index contributed by atoms with van der Waals surface area (Å²) in [6, 6.07) is 0. The monoisotopic (exact) mass is 236 g/mol. The highest BCUT2D eigenvalue weighted by Crippen LogP contribution is 2.17. The minimum Gasteiger partial charge on any atom is -0.377 e. The molecule has 2 atom stereocenters. The van der Waals surface area contributed by atoms with Crippen molar-refractivity contribution >= 4 is 15.9 Å². The average molecular weight is 237 g/mol. The van der Waals surface area contributed by atoms with E-state index in [4.69, 9.17) is 9.47 Å². The molecule has 3 heteroatoms.